The molecule has 4 aromatic rings. The van der Waals surface area contributed by atoms with Crippen LogP contribution in [0, 0.1) is 0 Å². The van der Waals surface area contributed by atoms with Crippen LogP contribution in [0.15, 0.2) is 76.1 Å². The highest BCUT2D eigenvalue weighted by molar-refractivity contribution is 7.92. The number of methoxy groups -OCH3 is 1. The van der Waals surface area contributed by atoms with Crippen molar-refractivity contribution in [1.29, 1.82) is 0 Å². The zero-order chi connectivity index (χ0) is 35.9. The molecule has 0 saturated carbocycles. The van der Waals surface area contributed by atoms with Crippen molar-refractivity contribution in [3.05, 3.63) is 78.2 Å². The van der Waals surface area contributed by atoms with Gasteiger partial charge in [0.2, 0.25) is 11.7 Å². The number of carbonyl (C=O) groups excluding carboxylic acids is 2. The van der Waals surface area contributed by atoms with E-state index >= 15 is 0 Å². The Balaban J connectivity index is 1.57. The summed E-state index contributed by atoms with van der Waals surface area (Å²) in [6, 6.07) is 17.7. The fourth-order valence-corrected chi connectivity index (χ4v) is 7.05. The second kappa shape index (κ2) is 12.9. The molecule has 2 amide bonds. The predicted molar refractivity (Wildman–Crippen MR) is 182 cm³/mol. The van der Waals surface area contributed by atoms with E-state index in [2.05, 4.69) is 15.5 Å². The van der Waals surface area contributed by atoms with Crippen molar-refractivity contribution in [1.82, 2.24) is 15.5 Å². The van der Waals surface area contributed by atoms with Crippen LogP contribution in [-0.2, 0) is 40.5 Å². The van der Waals surface area contributed by atoms with Crippen molar-refractivity contribution >= 4 is 37.4 Å². The first-order valence-corrected chi connectivity index (χ1v) is 18.8. The molecule has 0 aliphatic carbocycles. The van der Waals surface area contributed by atoms with E-state index in [0.29, 0.717) is 5.56 Å². The number of amides is 2. The summed E-state index contributed by atoms with van der Waals surface area (Å²) in [4.78, 5) is 32.4. The topological polar surface area (TPSA) is 175 Å². The first kappa shape index (κ1) is 35.5. The van der Waals surface area contributed by atoms with Gasteiger partial charge in [-0.25, -0.2) is 21.6 Å². The van der Waals surface area contributed by atoms with Gasteiger partial charge in [-0.1, -0.05) is 41.6 Å². The molecule has 13 nitrogen and oxygen atoms in total. The van der Waals surface area contributed by atoms with Crippen LogP contribution in [-0.4, -0.2) is 69.7 Å². The quantitative estimate of drug-likeness (QED) is 0.263. The van der Waals surface area contributed by atoms with E-state index in [4.69, 9.17) is 14.0 Å². The van der Waals surface area contributed by atoms with E-state index in [-0.39, 0.29) is 34.4 Å². The van der Waals surface area contributed by atoms with Crippen molar-refractivity contribution < 1.29 is 40.4 Å². The zero-order valence-corrected chi connectivity index (χ0v) is 29.8. The van der Waals surface area contributed by atoms with Gasteiger partial charge in [0.15, 0.2) is 19.7 Å². The van der Waals surface area contributed by atoms with E-state index in [1.165, 1.54) is 36.9 Å². The maximum atomic E-state index is 14.2. The van der Waals surface area contributed by atoms with E-state index in [1.54, 1.807) is 27.9 Å². The first-order valence-electron chi connectivity index (χ1n) is 15.2. The third-order valence-electron chi connectivity index (χ3n) is 8.07. The summed E-state index contributed by atoms with van der Waals surface area (Å²) in [5.74, 6) is -0.829. The van der Waals surface area contributed by atoms with E-state index in [9.17, 15) is 26.4 Å². The molecule has 0 fully saturated rings. The minimum Gasteiger partial charge on any atom is -0.497 e. The summed E-state index contributed by atoms with van der Waals surface area (Å²) in [5, 5.41) is 6.41. The zero-order valence-electron chi connectivity index (χ0n) is 28.2. The lowest BCUT2D eigenvalue weighted by atomic mass is 10.0. The number of hydrogen-bond acceptors (Lipinski definition) is 11. The SMILES string of the molecule is COc1ccc(-c2ccc(CN3C(=O)[C@@H](NC(=O)OC(C)(C)C)CS(=O)(=O)c4ccc(-c5noc(C(C)(C)S(C)(=O)=O)n5)cc43)cc2)cc1. The van der Waals surface area contributed by atoms with E-state index in [0.717, 1.165) is 23.1 Å². The highest BCUT2D eigenvalue weighted by Gasteiger charge is 2.41. The lowest BCUT2D eigenvalue weighted by Gasteiger charge is -2.27. The van der Waals surface area contributed by atoms with Crippen LogP contribution < -0.4 is 15.0 Å². The Morgan fingerprint density at radius 1 is 0.980 bits per heavy atom. The third kappa shape index (κ3) is 7.62. The number of carbonyl (C=O) groups is 2. The summed E-state index contributed by atoms with van der Waals surface area (Å²) >= 11 is 0. The molecule has 1 aliphatic heterocycles. The molecule has 0 unspecified atom stereocenters. The predicted octanol–water partition coefficient (Wildman–Crippen LogP) is 4.91. The van der Waals surface area contributed by atoms with Gasteiger partial charge in [-0.3, -0.25) is 4.79 Å². The molecule has 0 saturated heterocycles. The van der Waals surface area contributed by atoms with Crippen LogP contribution >= 0.6 is 0 Å². The minimum absolute atomic E-state index is 0.00385. The molecule has 1 N–H and O–H groups in total. The van der Waals surface area contributed by atoms with Crippen molar-refractivity contribution in [2.45, 2.75) is 62.4 Å². The number of hydrogen-bond donors (Lipinski definition) is 1. The third-order valence-corrected chi connectivity index (χ3v) is 11.9. The van der Waals surface area contributed by atoms with E-state index < -0.39 is 53.8 Å². The fraction of sp³-hybridized carbons (Fsp3) is 0.353. The number of nitrogens with one attached hydrogen (secondary N) is 1. The molecule has 260 valence electrons. The number of sulfone groups is 2. The number of alkyl carbamates (subject to hydrolysis) is 1. The van der Waals surface area contributed by atoms with Crippen LogP contribution in [0.5, 0.6) is 5.75 Å². The normalized spacial score (nSPS) is 16.4. The van der Waals surface area contributed by atoms with Crippen LogP contribution in [0.25, 0.3) is 22.5 Å². The summed E-state index contributed by atoms with van der Waals surface area (Å²) in [7, 11) is -6.20. The molecule has 5 rings (SSSR count). The van der Waals surface area contributed by atoms with Gasteiger partial charge in [-0.2, -0.15) is 4.98 Å². The number of nitrogens with zero attached hydrogens (tertiary/aromatic N) is 3. The molecule has 0 bridgehead atoms. The average Bonchev–Trinajstić information content (AvgIpc) is 3.51. The maximum absolute atomic E-state index is 14.2. The summed E-state index contributed by atoms with van der Waals surface area (Å²) < 4.78 is 66.7. The molecule has 0 spiro atoms. The number of benzene rings is 3. The smallest absolute Gasteiger partial charge is 0.408 e. The first-order chi connectivity index (χ1) is 22.8. The Bertz CT molecular complexity index is 2100. The Labute approximate surface area is 285 Å². The van der Waals surface area contributed by atoms with Gasteiger partial charge in [0, 0.05) is 11.8 Å². The van der Waals surface area contributed by atoms with E-state index in [1.807, 2.05) is 48.5 Å². The standard InChI is InChI=1S/C34H38N4O9S2/c1-33(2,3)46-32(40)35-26-20-49(43,44)28-17-14-24(29-36-31(47-37-29)34(4,5)48(7,41)42)18-27(28)38(30(26)39)19-21-8-10-22(11-9-21)23-12-15-25(45-6)16-13-23/h8-18,26H,19-20H2,1-7H3,(H,35,40)/t26-/m0/s1. The number of anilines is 1. The largest absolute Gasteiger partial charge is 0.497 e. The summed E-state index contributed by atoms with van der Waals surface area (Å²) in [5.41, 5.74) is 1.94. The monoisotopic (exact) mass is 710 g/mol. The van der Waals surface area contributed by atoms with Gasteiger partial charge in [0.05, 0.1) is 30.0 Å². The molecular weight excluding hydrogens is 673 g/mol. The van der Waals surface area contributed by atoms with Gasteiger partial charge >= 0.3 is 6.09 Å². The summed E-state index contributed by atoms with van der Waals surface area (Å²) in [6.45, 7) is 7.76. The molecule has 49 heavy (non-hydrogen) atoms. The molecular formula is C34H38N4O9S2. The molecule has 1 aliphatic rings. The Kier molecular flexibility index (Phi) is 9.38. The van der Waals surface area contributed by atoms with Crippen molar-refractivity contribution in [2.75, 3.05) is 24.0 Å². The highest BCUT2D eigenvalue weighted by Crippen LogP contribution is 2.36. The van der Waals surface area contributed by atoms with Gasteiger partial charge in [-0.15, -0.1) is 0 Å². The van der Waals surface area contributed by atoms with Gasteiger partial charge in [0.1, 0.15) is 22.1 Å². The molecule has 15 heteroatoms. The van der Waals surface area contributed by atoms with Crippen molar-refractivity contribution in [2.24, 2.45) is 0 Å². The lowest BCUT2D eigenvalue weighted by molar-refractivity contribution is -0.120. The van der Waals surface area contributed by atoms with Gasteiger partial charge < -0.3 is 24.2 Å². The Hall–Kier alpha value is -4.76. The van der Waals surface area contributed by atoms with Crippen molar-refractivity contribution in [3.8, 4) is 28.3 Å². The number of rotatable bonds is 8. The number of fused-ring (bicyclic) bond motifs is 1. The second-order valence-electron chi connectivity index (χ2n) is 13.2. The second-order valence-corrected chi connectivity index (χ2v) is 17.8. The van der Waals surface area contributed by atoms with Crippen molar-refractivity contribution in [3.63, 3.8) is 0 Å². The molecule has 1 atom stereocenters. The average molecular weight is 711 g/mol. The number of ether oxygens (including phenoxy) is 2. The van der Waals surface area contributed by atoms with Crippen LogP contribution in [0.3, 0.4) is 0 Å². The minimum atomic E-state index is -4.15. The number of aromatic nitrogens is 2. The lowest BCUT2D eigenvalue weighted by Crippen LogP contribution is -2.51. The Morgan fingerprint density at radius 2 is 1.57 bits per heavy atom. The Morgan fingerprint density at radius 3 is 2.14 bits per heavy atom. The van der Waals surface area contributed by atoms with Crippen LogP contribution in [0.2, 0.25) is 0 Å². The van der Waals surface area contributed by atoms with Crippen LogP contribution in [0.4, 0.5) is 10.5 Å². The fourth-order valence-electron chi connectivity index (χ4n) is 5.05. The molecule has 3 aromatic carbocycles. The van der Waals surface area contributed by atoms with Gasteiger partial charge in [-0.05, 0) is 81.6 Å². The molecule has 0 radical (unpaired) electrons. The molecule has 1 aromatic heterocycles. The maximum Gasteiger partial charge on any atom is 0.408 e. The summed E-state index contributed by atoms with van der Waals surface area (Å²) in [6.07, 6.45) is 0.114. The highest BCUT2D eigenvalue weighted by atomic mass is 32.2. The van der Waals surface area contributed by atoms with Gasteiger partial charge in [0.25, 0.3) is 5.91 Å². The molecule has 2 heterocycles. The van der Waals surface area contributed by atoms with Crippen LogP contribution in [0.1, 0.15) is 46.1 Å².